The van der Waals surface area contributed by atoms with E-state index in [1.807, 2.05) is 0 Å². The van der Waals surface area contributed by atoms with Crippen LogP contribution in [0, 0.1) is 0 Å². The summed E-state index contributed by atoms with van der Waals surface area (Å²) < 4.78 is 7.28. The Morgan fingerprint density at radius 2 is 0.333 bits per heavy atom. The van der Waals surface area contributed by atoms with Crippen LogP contribution in [-0.2, 0) is 0 Å². The van der Waals surface area contributed by atoms with Crippen LogP contribution in [-0.4, -0.2) is 13.7 Å². The lowest BCUT2D eigenvalue weighted by Gasteiger charge is -2.14. The third-order valence-corrected chi connectivity index (χ3v) is 28.1. The maximum Gasteiger partial charge on any atom is 0.0547 e. The lowest BCUT2D eigenvalue weighted by molar-refractivity contribution is 1.18. The molecule has 28 rings (SSSR count). The van der Waals surface area contributed by atoms with E-state index in [9.17, 15) is 0 Å². The molecule has 0 radical (unpaired) electrons. The molecular weight excluding hydrogens is 1630 g/mol. The number of hydrogen-bond donors (Lipinski definition) is 0. The molecule has 3 heteroatoms. The van der Waals surface area contributed by atoms with Crippen molar-refractivity contribution in [1.29, 1.82) is 0 Å². The summed E-state index contributed by atoms with van der Waals surface area (Å²) in [5.41, 5.74) is 27.8. The predicted molar refractivity (Wildman–Crippen MR) is 578 cm³/mol. The van der Waals surface area contributed by atoms with Gasteiger partial charge in [0.2, 0.25) is 0 Å². The van der Waals surface area contributed by atoms with E-state index in [0.29, 0.717) is 0 Å². The van der Waals surface area contributed by atoms with Gasteiger partial charge in [0.15, 0.2) is 0 Å². The van der Waals surface area contributed by atoms with Gasteiger partial charge in [-0.25, -0.2) is 0 Å². The van der Waals surface area contributed by atoms with Gasteiger partial charge in [-0.05, 0) is 278 Å². The molecule has 28 aromatic rings. The molecule has 0 unspecified atom stereocenters. The zero-order valence-corrected chi connectivity index (χ0v) is 73.9. The van der Waals surface area contributed by atoms with Crippen molar-refractivity contribution in [3.63, 3.8) is 0 Å². The van der Waals surface area contributed by atoms with E-state index in [4.69, 9.17) is 0 Å². The molecule has 3 heterocycles. The second kappa shape index (κ2) is 32.7. The maximum absolute atomic E-state index is 2.44. The fourth-order valence-electron chi connectivity index (χ4n) is 21.9. The normalized spacial score (nSPS) is 11.7. The number of fused-ring (bicyclic) bond motifs is 27. The molecule has 0 N–H and O–H groups in total. The molecule has 0 amide bonds. The van der Waals surface area contributed by atoms with Crippen LogP contribution < -0.4 is 0 Å². The Bertz CT molecular complexity index is 9370. The van der Waals surface area contributed by atoms with E-state index >= 15 is 0 Å². The van der Waals surface area contributed by atoms with Gasteiger partial charge < -0.3 is 13.7 Å². The summed E-state index contributed by atoms with van der Waals surface area (Å²) >= 11 is 0. The quantitative estimate of drug-likeness (QED) is 0.121. The minimum absolute atomic E-state index is 1.16. The summed E-state index contributed by atoms with van der Waals surface area (Å²) in [4.78, 5) is 0. The van der Waals surface area contributed by atoms with Gasteiger partial charge in [-0.1, -0.05) is 413 Å². The fourth-order valence-corrected chi connectivity index (χ4v) is 21.9. The van der Waals surface area contributed by atoms with Gasteiger partial charge in [-0.3, -0.25) is 0 Å². The van der Waals surface area contributed by atoms with Gasteiger partial charge in [0, 0.05) is 49.4 Å². The number of benzene rings is 25. The molecule has 0 aliphatic heterocycles. The van der Waals surface area contributed by atoms with Crippen molar-refractivity contribution in [1.82, 2.24) is 13.7 Å². The van der Waals surface area contributed by atoms with E-state index in [0.717, 1.165) is 5.69 Å². The fraction of sp³-hybridized carbons (Fsp3) is 0. The predicted octanol–water partition coefficient (Wildman–Crippen LogP) is 36.4. The van der Waals surface area contributed by atoms with E-state index in [1.165, 1.54) is 252 Å². The number of para-hydroxylation sites is 3. The van der Waals surface area contributed by atoms with Crippen molar-refractivity contribution >= 4 is 162 Å². The van der Waals surface area contributed by atoms with Crippen LogP contribution >= 0.6 is 0 Å². The minimum Gasteiger partial charge on any atom is -0.309 e. The van der Waals surface area contributed by atoms with Gasteiger partial charge in [-0.15, -0.1) is 0 Å². The summed E-state index contributed by atoms with van der Waals surface area (Å²) in [7, 11) is 0. The van der Waals surface area contributed by atoms with Crippen LogP contribution in [0.4, 0.5) is 0 Å². The highest BCUT2D eigenvalue weighted by Gasteiger charge is 2.23. The molecule has 0 aliphatic rings. The standard InChI is InChI=1S/C48H31N.2C42H27N/c1-3-13-32(14-4-1)36-27-37(33-15-5-2-6-16-33)29-38(28-36)49-47-22-12-11-21-44(47)46-31-35(24-26-48(46)49)34-23-25-43-41-19-8-7-17-39(41)40-18-9-10-20-42(40)45(43)30-34;1-2-12-28(13-3-1)29-14-10-15-31(26-29)43-40-22-9-8-20-38(40)42-32(21-11-23-41(42)43)30-24-25-37-35-18-5-4-16-33(35)34-17-6-7-19-36(34)39(37)27-30;1-2-11-28(12-3-1)29-13-10-14-32(25-29)43-41-20-9-8-19-38(41)39-24-22-31(27-42(39)43)30-21-23-37-35-17-5-4-15-33(35)34-16-6-7-18-36(34)40(37)26-30/h1-31H;2*1-27H. The zero-order chi connectivity index (χ0) is 89.0. The van der Waals surface area contributed by atoms with E-state index in [2.05, 4.69) is 529 Å². The Labute approximate surface area is 781 Å². The van der Waals surface area contributed by atoms with Crippen molar-refractivity contribution in [2.24, 2.45) is 0 Å². The van der Waals surface area contributed by atoms with E-state index in [1.54, 1.807) is 0 Å². The van der Waals surface area contributed by atoms with Crippen molar-refractivity contribution in [2.75, 3.05) is 0 Å². The van der Waals surface area contributed by atoms with Gasteiger partial charge in [0.05, 0.1) is 33.1 Å². The second-order valence-electron chi connectivity index (χ2n) is 35.6. The molecule has 0 spiro atoms. The molecule has 0 bridgehead atoms. The molecule has 3 aromatic heterocycles. The molecule has 135 heavy (non-hydrogen) atoms. The molecule has 0 aliphatic carbocycles. The van der Waals surface area contributed by atoms with Crippen molar-refractivity contribution in [3.8, 4) is 95.0 Å². The Kier molecular flexibility index (Phi) is 19.0. The molecular formula is C132H85N3. The highest BCUT2D eigenvalue weighted by Crippen LogP contribution is 2.47. The maximum atomic E-state index is 2.44. The first kappa shape index (κ1) is 78.3. The number of hydrogen-bond acceptors (Lipinski definition) is 0. The van der Waals surface area contributed by atoms with Crippen LogP contribution in [0.25, 0.3) is 257 Å². The average molecular weight is 1710 g/mol. The third kappa shape index (κ3) is 13.4. The van der Waals surface area contributed by atoms with Crippen LogP contribution in [0.3, 0.4) is 0 Å². The Hall–Kier alpha value is -17.8. The monoisotopic (exact) mass is 1710 g/mol. The van der Waals surface area contributed by atoms with Crippen molar-refractivity contribution < 1.29 is 0 Å². The summed E-state index contributed by atoms with van der Waals surface area (Å²) in [5.74, 6) is 0. The number of nitrogens with zero attached hydrogens (tertiary/aromatic N) is 3. The summed E-state index contributed by atoms with van der Waals surface area (Å²) in [6, 6.07) is 188. The highest BCUT2D eigenvalue weighted by atomic mass is 15.0. The molecule has 628 valence electrons. The summed E-state index contributed by atoms with van der Waals surface area (Å²) in [6.07, 6.45) is 0. The average Bonchev–Trinajstić information content (AvgIpc) is 1.52. The van der Waals surface area contributed by atoms with Crippen molar-refractivity contribution in [2.45, 2.75) is 0 Å². The second-order valence-corrected chi connectivity index (χ2v) is 35.6. The van der Waals surface area contributed by atoms with Gasteiger partial charge in [-0.2, -0.15) is 0 Å². The summed E-state index contributed by atoms with van der Waals surface area (Å²) in [6.45, 7) is 0. The Morgan fingerprint density at radius 3 is 0.748 bits per heavy atom. The van der Waals surface area contributed by atoms with Crippen LogP contribution in [0.1, 0.15) is 0 Å². The molecule has 0 saturated carbocycles. The first-order valence-corrected chi connectivity index (χ1v) is 46.7. The third-order valence-electron chi connectivity index (χ3n) is 28.1. The molecule has 0 saturated heterocycles. The lowest BCUT2D eigenvalue weighted by atomic mass is 9.91. The first-order valence-electron chi connectivity index (χ1n) is 46.7. The molecule has 3 nitrogen and oxygen atoms in total. The smallest absolute Gasteiger partial charge is 0.0547 e. The lowest BCUT2D eigenvalue weighted by Crippen LogP contribution is -1.96. The Balaban J connectivity index is 0.000000106. The Morgan fingerprint density at radius 1 is 0.0963 bits per heavy atom. The van der Waals surface area contributed by atoms with Gasteiger partial charge >= 0.3 is 0 Å². The van der Waals surface area contributed by atoms with Crippen molar-refractivity contribution in [3.05, 3.63) is 516 Å². The molecule has 0 fully saturated rings. The summed E-state index contributed by atoms with van der Waals surface area (Å²) in [5, 5.41) is 31.0. The van der Waals surface area contributed by atoms with E-state index < -0.39 is 0 Å². The van der Waals surface area contributed by atoms with Gasteiger partial charge in [0.25, 0.3) is 0 Å². The zero-order valence-electron chi connectivity index (χ0n) is 73.9. The first-order chi connectivity index (χ1) is 67.0. The SMILES string of the molecule is c1ccc(-c2cc(-c3ccccc3)cc(-n3c4ccccc4c4cc(-c5ccc6c7ccccc7c7ccccc7c6c5)ccc43)c2)cc1.c1ccc(-c2cccc(-n3c4ccccc4c4c(-c5ccc6c7ccccc7c7ccccc7c6c5)cccc43)c2)cc1.c1ccc(-c2cccc(-n3c4ccccc4c4ccc(-c5ccc6c7ccccc7c7ccccc7c6c5)cc43)c2)cc1. The largest absolute Gasteiger partial charge is 0.309 e. The van der Waals surface area contributed by atoms with Crippen LogP contribution in [0.15, 0.2) is 516 Å². The molecule has 25 aromatic carbocycles. The van der Waals surface area contributed by atoms with E-state index in [-0.39, 0.29) is 0 Å². The van der Waals surface area contributed by atoms with Gasteiger partial charge in [0.1, 0.15) is 0 Å². The topological polar surface area (TPSA) is 14.8 Å². The van der Waals surface area contributed by atoms with Crippen LogP contribution in [0.5, 0.6) is 0 Å². The highest BCUT2D eigenvalue weighted by molar-refractivity contribution is 6.29. The number of rotatable bonds is 10. The number of aromatic nitrogens is 3. The van der Waals surface area contributed by atoms with Crippen LogP contribution in [0.2, 0.25) is 0 Å². The minimum atomic E-state index is 1.16. The molecule has 0 atom stereocenters.